The van der Waals surface area contributed by atoms with Crippen molar-refractivity contribution < 1.29 is 13.2 Å². The number of aryl methyl sites for hydroxylation is 1. The molecule has 0 aromatic heterocycles. The van der Waals surface area contributed by atoms with Gasteiger partial charge >= 0.3 is 0 Å². The highest BCUT2D eigenvalue weighted by Crippen LogP contribution is 2.21. The van der Waals surface area contributed by atoms with Crippen LogP contribution in [0.25, 0.3) is 0 Å². The van der Waals surface area contributed by atoms with Crippen molar-refractivity contribution in [1.82, 2.24) is 0 Å². The van der Waals surface area contributed by atoms with Gasteiger partial charge in [-0.3, -0.25) is 0 Å². The Kier molecular flexibility index (Phi) is 4.40. The van der Waals surface area contributed by atoms with E-state index < -0.39 is 9.84 Å². The van der Waals surface area contributed by atoms with Crippen LogP contribution in [0, 0.1) is 6.92 Å². The molecule has 0 atom stereocenters. The second-order valence-corrected chi connectivity index (χ2v) is 7.40. The first-order chi connectivity index (χ1) is 8.12. The van der Waals surface area contributed by atoms with E-state index in [0.29, 0.717) is 5.69 Å². The first kappa shape index (κ1) is 15.0. The van der Waals surface area contributed by atoms with Crippen LogP contribution in [-0.4, -0.2) is 26.4 Å². The summed E-state index contributed by atoms with van der Waals surface area (Å²) in [5.41, 5.74) is 6.65. The minimum absolute atomic E-state index is 0.0580. The summed E-state index contributed by atoms with van der Waals surface area (Å²) in [5.74, 6) is -0.0580. The van der Waals surface area contributed by atoms with Gasteiger partial charge in [0.25, 0.3) is 0 Å². The number of ether oxygens (including phenoxy) is 1. The Balaban J connectivity index is 2.81. The van der Waals surface area contributed by atoms with Crippen molar-refractivity contribution in [3.63, 3.8) is 0 Å². The Morgan fingerprint density at radius 3 is 2.39 bits per heavy atom. The standard InChI is InChI=1S/C13H21NO3S/c1-10-5-6-12(11(14)9-10)18(15,16)8-7-17-13(2,3)4/h5-6,9H,7-8,14H2,1-4H3. The largest absolute Gasteiger partial charge is 0.398 e. The SMILES string of the molecule is Cc1ccc(S(=O)(=O)CCOC(C)(C)C)c(N)c1. The van der Waals surface area contributed by atoms with Gasteiger partial charge in [-0.25, -0.2) is 8.42 Å². The monoisotopic (exact) mass is 271 g/mol. The van der Waals surface area contributed by atoms with Crippen molar-refractivity contribution in [2.24, 2.45) is 0 Å². The second-order valence-electron chi connectivity index (χ2n) is 5.32. The van der Waals surface area contributed by atoms with Crippen LogP contribution in [0.3, 0.4) is 0 Å². The maximum absolute atomic E-state index is 12.1. The number of anilines is 1. The van der Waals surface area contributed by atoms with Crippen LogP contribution >= 0.6 is 0 Å². The van der Waals surface area contributed by atoms with Crippen molar-refractivity contribution >= 4 is 15.5 Å². The van der Waals surface area contributed by atoms with Crippen molar-refractivity contribution in [3.8, 4) is 0 Å². The zero-order valence-electron chi connectivity index (χ0n) is 11.4. The molecule has 0 heterocycles. The highest BCUT2D eigenvalue weighted by Gasteiger charge is 2.19. The molecule has 5 heteroatoms. The molecule has 1 aromatic rings. The Morgan fingerprint density at radius 1 is 1.28 bits per heavy atom. The van der Waals surface area contributed by atoms with E-state index in [-0.39, 0.29) is 22.9 Å². The molecule has 0 radical (unpaired) electrons. The first-order valence-electron chi connectivity index (χ1n) is 5.85. The smallest absolute Gasteiger partial charge is 0.182 e. The van der Waals surface area contributed by atoms with E-state index in [0.717, 1.165) is 5.56 Å². The van der Waals surface area contributed by atoms with Crippen molar-refractivity contribution in [2.45, 2.75) is 38.2 Å². The van der Waals surface area contributed by atoms with E-state index in [2.05, 4.69) is 0 Å². The lowest BCUT2D eigenvalue weighted by atomic mass is 10.2. The highest BCUT2D eigenvalue weighted by molar-refractivity contribution is 7.91. The summed E-state index contributed by atoms with van der Waals surface area (Å²) < 4.78 is 29.6. The molecule has 0 saturated heterocycles. The van der Waals surface area contributed by atoms with Crippen LogP contribution in [0.2, 0.25) is 0 Å². The first-order valence-corrected chi connectivity index (χ1v) is 7.50. The normalized spacial score (nSPS) is 12.7. The van der Waals surface area contributed by atoms with E-state index in [9.17, 15) is 8.42 Å². The summed E-state index contributed by atoms with van der Waals surface area (Å²) >= 11 is 0. The quantitative estimate of drug-likeness (QED) is 0.852. The van der Waals surface area contributed by atoms with Crippen LogP contribution in [0.5, 0.6) is 0 Å². The summed E-state index contributed by atoms with van der Waals surface area (Å²) in [5, 5.41) is 0. The summed E-state index contributed by atoms with van der Waals surface area (Å²) in [7, 11) is -3.38. The van der Waals surface area contributed by atoms with Gasteiger partial charge in [-0.15, -0.1) is 0 Å². The molecule has 1 aromatic carbocycles. The zero-order chi connectivity index (χ0) is 14.0. The highest BCUT2D eigenvalue weighted by atomic mass is 32.2. The third-order valence-corrected chi connectivity index (χ3v) is 4.13. The minimum atomic E-state index is -3.38. The lowest BCUT2D eigenvalue weighted by Gasteiger charge is -2.19. The van der Waals surface area contributed by atoms with Gasteiger partial charge in [0.05, 0.1) is 28.5 Å². The van der Waals surface area contributed by atoms with E-state index in [1.807, 2.05) is 27.7 Å². The number of sulfone groups is 1. The van der Waals surface area contributed by atoms with Gasteiger partial charge in [-0.05, 0) is 45.4 Å². The third kappa shape index (κ3) is 4.31. The molecule has 0 unspecified atom stereocenters. The van der Waals surface area contributed by atoms with E-state index in [1.165, 1.54) is 0 Å². The molecule has 0 saturated carbocycles. The molecule has 0 fully saturated rings. The van der Waals surface area contributed by atoms with Crippen LogP contribution in [0.15, 0.2) is 23.1 Å². The number of nitrogen functional groups attached to an aromatic ring is 1. The lowest BCUT2D eigenvalue weighted by Crippen LogP contribution is -2.24. The van der Waals surface area contributed by atoms with Crippen LogP contribution in [0.1, 0.15) is 26.3 Å². The van der Waals surface area contributed by atoms with Gasteiger partial charge in [-0.1, -0.05) is 6.07 Å². The second kappa shape index (κ2) is 5.28. The van der Waals surface area contributed by atoms with Crippen molar-refractivity contribution in [1.29, 1.82) is 0 Å². The molecule has 0 aliphatic rings. The molecule has 0 amide bonds. The van der Waals surface area contributed by atoms with Gasteiger partial charge in [-0.2, -0.15) is 0 Å². The topological polar surface area (TPSA) is 69.4 Å². The Labute approximate surface area is 109 Å². The molecule has 102 valence electrons. The zero-order valence-corrected chi connectivity index (χ0v) is 12.2. The molecule has 0 aliphatic heterocycles. The summed E-state index contributed by atoms with van der Waals surface area (Å²) in [6.45, 7) is 7.70. The fourth-order valence-corrected chi connectivity index (χ4v) is 2.73. The summed E-state index contributed by atoms with van der Waals surface area (Å²) in [6.07, 6.45) is 0. The van der Waals surface area contributed by atoms with Gasteiger partial charge < -0.3 is 10.5 Å². The number of hydrogen-bond acceptors (Lipinski definition) is 4. The van der Waals surface area contributed by atoms with Gasteiger partial charge in [0.1, 0.15) is 0 Å². The average Bonchev–Trinajstić information content (AvgIpc) is 2.13. The third-order valence-electron chi connectivity index (χ3n) is 2.39. The van der Waals surface area contributed by atoms with E-state index >= 15 is 0 Å². The van der Waals surface area contributed by atoms with Gasteiger partial charge in [0.15, 0.2) is 9.84 Å². The van der Waals surface area contributed by atoms with Gasteiger partial charge in [0, 0.05) is 0 Å². The molecular weight excluding hydrogens is 250 g/mol. The number of hydrogen-bond donors (Lipinski definition) is 1. The number of benzene rings is 1. The molecule has 2 N–H and O–H groups in total. The maximum atomic E-state index is 12.1. The maximum Gasteiger partial charge on any atom is 0.182 e. The summed E-state index contributed by atoms with van der Waals surface area (Å²) in [4.78, 5) is 0.186. The van der Waals surface area contributed by atoms with Gasteiger partial charge in [0.2, 0.25) is 0 Å². The predicted molar refractivity (Wildman–Crippen MR) is 73.3 cm³/mol. The Morgan fingerprint density at radius 2 is 1.89 bits per heavy atom. The van der Waals surface area contributed by atoms with Crippen LogP contribution < -0.4 is 5.73 Å². The van der Waals surface area contributed by atoms with Crippen molar-refractivity contribution in [2.75, 3.05) is 18.1 Å². The molecule has 4 nitrogen and oxygen atoms in total. The van der Waals surface area contributed by atoms with E-state index in [4.69, 9.17) is 10.5 Å². The summed E-state index contributed by atoms with van der Waals surface area (Å²) in [6, 6.07) is 4.96. The average molecular weight is 271 g/mol. The lowest BCUT2D eigenvalue weighted by molar-refractivity contribution is 0.00645. The predicted octanol–water partition coefficient (Wildman–Crippen LogP) is 2.17. The molecule has 18 heavy (non-hydrogen) atoms. The van der Waals surface area contributed by atoms with Crippen molar-refractivity contribution in [3.05, 3.63) is 23.8 Å². The fraction of sp³-hybridized carbons (Fsp3) is 0.538. The Hall–Kier alpha value is -1.07. The Bertz CT molecular complexity index is 516. The molecular formula is C13H21NO3S. The number of nitrogens with two attached hydrogens (primary N) is 1. The molecule has 1 rings (SSSR count). The fourth-order valence-electron chi connectivity index (χ4n) is 1.52. The molecule has 0 spiro atoms. The number of rotatable bonds is 4. The molecule has 0 bridgehead atoms. The molecule has 0 aliphatic carbocycles. The van der Waals surface area contributed by atoms with E-state index in [1.54, 1.807) is 18.2 Å². The van der Waals surface area contributed by atoms with Crippen LogP contribution in [-0.2, 0) is 14.6 Å². The van der Waals surface area contributed by atoms with Crippen LogP contribution in [0.4, 0.5) is 5.69 Å². The minimum Gasteiger partial charge on any atom is -0.398 e.